The molecule has 0 aliphatic heterocycles. The number of para-hydroxylation sites is 1. The van der Waals surface area contributed by atoms with Crippen LogP contribution in [0.25, 0.3) is 38.7 Å². The van der Waals surface area contributed by atoms with Crippen LogP contribution in [0, 0.1) is 0 Å². The van der Waals surface area contributed by atoms with Gasteiger partial charge in [0.05, 0.1) is 21.6 Å². The molecular weight excluding hydrogens is 284 g/mol. The molecule has 100 valence electrons. The molecule has 0 unspecified atom stereocenters. The van der Waals surface area contributed by atoms with Gasteiger partial charge in [-0.1, -0.05) is 41.9 Å². The van der Waals surface area contributed by atoms with E-state index in [1.807, 2.05) is 40.8 Å². The fourth-order valence-electron chi connectivity index (χ4n) is 3.01. The first kappa shape index (κ1) is 11.2. The van der Waals surface area contributed by atoms with Gasteiger partial charge < -0.3 is 4.42 Å². The lowest BCUT2D eigenvalue weighted by molar-refractivity contribution is 0.624. The van der Waals surface area contributed by atoms with Crippen LogP contribution in [-0.2, 0) is 0 Å². The van der Waals surface area contributed by atoms with E-state index in [9.17, 15) is 0 Å². The highest BCUT2D eigenvalue weighted by Gasteiger charge is 2.14. The largest absolute Gasteiger partial charge is 0.424 e. The Balaban J connectivity index is 2.22. The molecule has 0 aliphatic carbocycles. The van der Waals surface area contributed by atoms with E-state index < -0.39 is 0 Å². The van der Waals surface area contributed by atoms with E-state index in [1.165, 1.54) is 0 Å². The molecule has 0 bridgehead atoms. The Labute approximate surface area is 124 Å². The van der Waals surface area contributed by atoms with Crippen molar-refractivity contribution >= 4 is 50.4 Å². The molecule has 0 N–H and O–H groups in total. The highest BCUT2D eigenvalue weighted by molar-refractivity contribution is 6.35. The van der Waals surface area contributed by atoms with Crippen LogP contribution in [0.2, 0.25) is 5.02 Å². The number of hydrogen-bond acceptors (Lipinski definition) is 2. The minimum atomic E-state index is 0.560. The second kappa shape index (κ2) is 3.77. The van der Waals surface area contributed by atoms with E-state index in [1.54, 1.807) is 0 Å². The van der Waals surface area contributed by atoms with E-state index >= 15 is 0 Å². The van der Waals surface area contributed by atoms with Gasteiger partial charge in [0.1, 0.15) is 5.58 Å². The molecule has 5 rings (SSSR count). The SMILES string of the molecule is Clc1cccc2nc3oc4cccc5cccc(c54)n3c12. The minimum Gasteiger partial charge on any atom is -0.424 e. The van der Waals surface area contributed by atoms with Crippen molar-refractivity contribution in [2.75, 3.05) is 0 Å². The Morgan fingerprint density at radius 2 is 1.76 bits per heavy atom. The predicted octanol–water partition coefficient (Wildman–Crippen LogP) is 5.04. The van der Waals surface area contributed by atoms with Crippen molar-refractivity contribution in [2.45, 2.75) is 0 Å². The molecule has 0 saturated carbocycles. The zero-order valence-electron chi connectivity index (χ0n) is 10.9. The summed E-state index contributed by atoms with van der Waals surface area (Å²) < 4.78 is 7.98. The maximum Gasteiger partial charge on any atom is 0.307 e. The topological polar surface area (TPSA) is 30.4 Å². The predicted molar refractivity (Wildman–Crippen MR) is 85.0 cm³/mol. The lowest BCUT2D eigenvalue weighted by atomic mass is 10.1. The van der Waals surface area contributed by atoms with Crippen LogP contribution in [0.5, 0.6) is 0 Å². The van der Waals surface area contributed by atoms with Crippen molar-refractivity contribution in [1.82, 2.24) is 9.38 Å². The van der Waals surface area contributed by atoms with Gasteiger partial charge in [-0.15, -0.1) is 0 Å². The Kier molecular flexibility index (Phi) is 2.01. The van der Waals surface area contributed by atoms with Gasteiger partial charge >= 0.3 is 5.84 Å². The second-order valence-corrected chi connectivity index (χ2v) is 5.48. The number of aromatic nitrogens is 2. The van der Waals surface area contributed by atoms with Crippen molar-refractivity contribution in [3.63, 3.8) is 0 Å². The third kappa shape index (κ3) is 1.36. The van der Waals surface area contributed by atoms with Crippen LogP contribution < -0.4 is 0 Å². The molecule has 0 atom stereocenters. The van der Waals surface area contributed by atoms with Gasteiger partial charge in [-0.05, 0) is 29.7 Å². The molecule has 0 aliphatic rings. The lowest BCUT2D eigenvalue weighted by Gasteiger charge is -2.07. The molecule has 2 aromatic heterocycles. The van der Waals surface area contributed by atoms with Gasteiger partial charge in [0, 0.05) is 5.39 Å². The van der Waals surface area contributed by atoms with Crippen LogP contribution in [0.1, 0.15) is 0 Å². The first-order valence-corrected chi connectivity index (χ1v) is 7.08. The Hall–Kier alpha value is -2.52. The van der Waals surface area contributed by atoms with Crippen molar-refractivity contribution in [3.05, 3.63) is 59.6 Å². The fraction of sp³-hybridized carbons (Fsp3) is 0. The van der Waals surface area contributed by atoms with Gasteiger partial charge in [-0.25, -0.2) is 0 Å². The molecule has 0 fully saturated rings. The molecule has 2 heterocycles. The first-order chi connectivity index (χ1) is 10.3. The number of halogens is 1. The number of benzene rings is 3. The number of rotatable bonds is 0. The summed E-state index contributed by atoms with van der Waals surface area (Å²) in [5, 5.41) is 2.91. The molecule has 5 aromatic rings. The van der Waals surface area contributed by atoms with Gasteiger partial charge in [0.2, 0.25) is 0 Å². The van der Waals surface area contributed by atoms with Crippen LogP contribution >= 0.6 is 11.6 Å². The first-order valence-electron chi connectivity index (χ1n) is 6.70. The fourth-order valence-corrected chi connectivity index (χ4v) is 3.27. The summed E-state index contributed by atoms with van der Waals surface area (Å²) in [7, 11) is 0. The average Bonchev–Trinajstić information content (AvgIpc) is 2.87. The maximum absolute atomic E-state index is 6.38. The summed E-state index contributed by atoms with van der Waals surface area (Å²) in [6, 6.07) is 18.0. The molecule has 4 heteroatoms. The summed E-state index contributed by atoms with van der Waals surface area (Å²) in [5.74, 6) is 0.560. The lowest BCUT2D eigenvalue weighted by Crippen LogP contribution is -1.90. The smallest absolute Gasteiger partial charge is 0.307 e. The number of nitrogens with zero attached hydrogens (tertiary/aromatic N) is 2. The third-order valence-electron chi connectivity index (χ3n) is 3.88. The second-order valence-electron chi connectivity index (χ2n) is 5.07. The van der Waals surface area contributed by atoms with Crippen LogP contribution in [-0.4, -0.2) is 9.38 Å². The Bertz CT molecular complexity index is 1150. The normalized spacial score (nSPS) is 12.0. The van der Waals surface area contributed by atoms with Crippen LogP contribution in [0.3, 0.4) is 0 Å². The van der Waals surface area contributed by atoms with E-state index in [0.29, 0.717) is 10.9 Å². The van der Waals surface area contributed by atoms with Crippen LogP contribution in [0.15, 0.2) is 59.0 Å². The number of imidazole rings is 1. The molecule has 21 heavy (non-hydrogen) atoms. The van der Waals surface area contributed by atoms with Gasteiger partial charge in [-0.3, -0.25) is 4.40 Å². The molecular formula is C17H9ClN2O. The van der Waals surface area contributed by atoms with Crippen molar-refractivity contribution in [1.29, 1.82) is 0 Å². The Morgan fingerprint density at radius 3 is 2.67 bits per heavy atom. The summed E-state index contributed by atoms with van der Waals surface area (Å²) in [4.78, 5) is 4.56. The van der Waals surface area contributed by atoms with Crippen LogP contribution in [0.4, 0.5) is 0 Å². The van der Waals surface area contributed by atoms with Crippen molar-refractivity contribution < 1.29 is 4.42 Å². The number of hydrogen-bond donors (Lipinski definition) is 0. The number of fused-ring (bicyclic) bond motifs is 4. The van der Waals surface area contributed by atoms with Crippen molar-refractivity contribution in [3.8, 4) is 0 Å². The zero-order chi connectivity index (χ0) is 14.0. The molecule has 0 amide bonds. The molecule has 0 radical (unpaired) electrons. The van der Waals surface area contributed by atoms with E-state index in [-0.39, 0.29) is 0 Å². The maximum atomic E-state index is 6.38. The zero-order valence-corrected chi connectivity index (χ0v) is 11.6. The minimum absolute atomic E-state index is 0.560. The molecule has 3 nitrogen and oxygen atoms in total. The summed E-state index contributed by atoms with van der Waals surface area (Å²) in [6.45, 7) is 0. The summed E-state index contributed by atoms with van der Waals surface area (Å²) >= 11 is 6.38. The van der Waals surface area contributed by atoms with Gasteiger partial charge in [-0.2, -0.15) is 4.98 Å². The molecule has 0 saturated heterocycles. The monoisotopic (exact) mass is 292 g/mol. The Morgan fingerprint density at radius 1 is 0.952 bits per heavy atom. The van der Waals surface area contributed by atoms with Gasteiger partial charge in [0.25, 0.3) is 0 Å². The van der Waals surface area contributed by atoms with E-state index in [4.69, 9.17) is 16.0 Å². The molecule has 3 aromatic carbocycles. The third-order valence-corrected chi connectivity index (χ3v) is 4.19. The summed E-state index contributed by atoms with van der Waals surface area (Å²) in [6.07, 6.45) is 0. The van der Waals surface area contributed by atoms with E-state index in [2.05, 4.69) is 23.2 Å². The van der Waals surface area contributed by atoms with Crippen molar-refractivity contribution in [2.24, 2.45) is 0 Å². The van der Waals surface area contributed by atoms with E-state index in [0.717, 1.165) is 32.9 Å². The highest BCUT2D eigenvalue weighted by atomic mass is 35.5. The summed E-state index contributed by atoms with van der Waals surface area (Å²) in [5.41, 5.74) is 3.61. The highest BCUT2D eigenvalue weighted by Crippen LogP contribution is 2.32. The average molecular weight is 293 g/mol. The van der Waals surface area contributed by atoms with Gasteiger partial charge in [0.15, 0.2) is 0 Å². The quantitative estimate of drug-likeness (QED) is 0.400. The molecule has 0 spiro atoms. The standard InChI is InChI=1S/C17H9ClN2O/c18-11-6-3-7-12-16(11)20-13-8-1-4-10-5-2-9-14(15(10)13)21-17(20)19-12/h1-9H.